The van der Waals surface area contributed by atoms with Gasteiger partial charge in [-0.2, -0.15) is 0 Å². The van der Waals surface area contributed by atoms with Gasteiger partial charge < -0.3 is 9.30 Å². The Morgan fingerprint density at radius 3 is 2.62 bits per heavy atom. The van der Waals surface area contributed by atoms with Gasteiger partial charge in [0.1, 0.15) is 12.4 Å². The molecule has 1 saturated carbocycles. The minimum Gasteiger partial charge on any atom is -0.492 e. The number of ketones is 1. The fourth-order valence-electron chi connectivity index (χ4n) is 2.99. The Hall–Kier alpha value is -2.26. The number of nitrogens with zero attached hydrogens (tertiary/aromatic N) is 1. The van der Waals surface area contributed by atoms with Gasteiger partial charge in [-0.15, -0.1) is 0 Å². The summed E-state index contributed by atoms with van der Waals surface area (Å²) in [4.78, 5) is 12.5. The number of carbonyl (C=O) groups is 1. The van der Waals surface area contributed by atoms with Gasteiger partial charge in [0.2, 0.25) is 0 Å². The SMILES string of the molecule is O=C(c1cn(CCOc2ccc(Cl)cc2)c2ccccc12)C1CC1. The number of carbonyl (C=O) groups excluding carboxylic acids is 1. The van der Waals surface area contributed by atoms with E-state index in [4.69, 9.17) is 16.3 Å². The monoisotopic (exact) mass is 339 g/mol. The third kappa shape index (κ3) is 3.04. The lowest BCUT2D eigenvalue weighted by Gasteiger charge is -2.08. The minimum absolute atomic E-state index is 0.231. The van der Waals surface area contributed by atoms with Gasteiger partial charge >= 0.3 is 0 Å². The number of fused-ring (bicyclic) bond motifs is 1. The number of benzene rings is 2. The number of para-hydroxylation sites is 1. The molecule has 0 radical (unpaired) electrons. The molecule has 0 N–H and O–H groups in total. The molecule has 0 spiro atoms. The zero-order valence-corrected chi connectivity index (χ0v) is 14.0. The highest BCUT2D eigenvalue weighted by molar-refractivity contribution is 6.30. The van der Waals surface area contributed by atoms with Crippen LogP contribution in [0.5, 0.6) is 5.75 Å². The van der Waals surface area contributed by atoms with E-state index < -0.39 is 0 Å². The summed E-state index contributed by atoms with van der Waals surface area (Å²) in [6.07, 6.45) is 4.03. The molecule has 1 heterocycles. The molecular formula is C20H18ClNO2. The van der Waals surface area contributed by atoms with E-state index in [1.165, 1.54) is 0 Å². The summed E-state index contributed by atoms with van der Waals surface area (Å²) < 4.78 is 7.89. The third-order valence-corrected chi connectivity index (χ3v) is 4.67. The maximum atomic E-state index is 12.5. The van der Waals surface area contributed by atoms with Crippen LogP contribution in [0.4, 0.5) is 0 Å². The van der Waals surface area contributed by atoms with Crippen molar-refractivity contribution in [3.05, 3.63) is 65.3 Å². The van der Waals surface area contributed by atoms with E-state index in [0.29, 0.717) is 18.2 Å². The normalized spacial score (nSPS) is 14.0. The van der Waals surface area contributed by atoms with Crippen molar-refractivity contribution in [3.63, 3.8) is 0 Å². The highest BCUT2D eigenvalue weighted by atomic mass is 35.5. The van der Waals surface area contributed by atoms with E-state index in [1.807, 2.05) is 48.7 Å². The summed E-state index contributed by atoms with van der Waals surface area (Å²) in [5.41, 5.74) is 1.93. The second kappa shape index (κ2) is 6.33. The third-order valence-electron chi connectivity index (χ3n) is 4.42. The lowest BCUT2D eigenvalue weighted by Crippen LogP contribution is -2.07. The summed E-state index contributed by atoms with van der Waals surface area (Å²) in [5, 5.41) is 1.74. The zero-order chi connectivity index (χ0) is 16.5. The second-order valence-electron chi connectivity index (χ2n) is 6.19. The van der Waals surface area contributed by atoms with Crippen LogP contribution in [0.1, 0.15) is 23.2 Å². The fraction of sp³-hybridized carbons (Fsp3) is 0.250. The molecule has 122 valence electrons. The molecule has 0 amide bonds. The summed E-state index contributed by atoms with van der Waals surface area (Å²) >= 11 is 5.88. The Kier molecular flexibility index (Phi) is 4.03. The van der Waals surface area contributed by atoms with Crippen molar-refractivity contribution < 1.29 is 9.53 Å². The topological polar surface area (TPSA) is 31.2 Å². The van der Waals surface area contributed by atoms with E-state index >= 15 is 0 Å². The van der Waals surface area contributed by atoms with E-state index in [0.717, 1.165) is 35.1 Å². The molecule has 2 aromatic carbocycles. The lowest BCUT2D eigenvalue weighted by atomic mass is 10.1. The molecule has 1 fully saturated rings. The first-order valence-electron chi connectivity index (χ1n) is 8.23. The number of halogens is 1. The van der Waals surface area contributed by atoms with Gasteiger partial charge in [-0.1, -0.05) is 29.8 Å². The molecule has 3 nitrogen and oxygen atoms in total. The number of hydrogen-bond acceptors (Lipinski definition) is 2. The van der Waals surface area contributed by atoms with Gasteiger partial charge in [0.25, 0.3) is 0 Å². The minimum atomic E-state index is 0.231. The highest BCUT2D eigenvalue weighted by Gasteiger charge is 2.32. The van der Waals surface area contributed by atoms with Gasteiger partial charge in [0, 0.05) is 33.6 Å². The largest absolute Gasteiger partial charge is 0.492 e. The van der Waals surface area contributed by atoms with Gasteiger partial charge in [-0.3, -0.25) is 4.79 Å². The smallest absolute Gasteiger partial charge is 0.168 e. The highest BCUT2D eigenvalue weighted by Crippen LogP contribution is 2.35. The van der Waals surface area contributed by atoms with Crippen LogP contribution in [0.25, 0.3) is 10.9 Å². The molecule has 0 unspecified atom stereocenters. The molecule has 24 heavy (non-hydrogen) atoms. The molecular weight excluding hydrogens is 322 g/mol. The second-order valence-corrected chi connectivity index (χ2v) is 6.63. The van der Waals surface area contributed by atoms with Crippen molar-refractivity contribution in [2.45, 2.75) is 19.4 Å². The van der Waals surface area contributed by atoms with Gasteiger partial charge in [-0.25, -0.2) is 0 Å². The van der Waals surface area contributed by atoms with Crippen LogP contribution in [0, 0.1) is 5.92 Å². The first-order chi connectivity index (χ1) is 11.7. The van der Waals surface area contributed by atoms with Crippen molar-refractivity contribution in [1.29, 1.82) is 0 Å². The quantitative estimate of drug-likeness (QED) is 0.594. The summed E-state index contributed by atoms with van der Waals surface area (Å²) in [6, 6.07) is 15.4. The standard InChI is InChI=1S/C20H18ClNO2/c21-15-7-9-16(10-8-15)24-12-11-22-13-18(20(23)14-5-6-14)17-3-1-2-4-19(17)22/h1-4,7-10,13-14H,5-6,11-12H2. The average Bonchev–Trinajstić information content (AvgIpc) is 3.39. The molecule has 0 aliphatic heterocycles. The van der Waals surface area contributed by atoms with E-state index in [2.05, 4.69) is 10.6 Å². The van der Waals surface area contributed by atoms with Crippen molar-refractivity contribution in [1.82, 2.24) is 4.57 Å². The Balaban J connectivity index is 1.53. The number of Topliss-reactive ketones (excluding diaryl/α,β-unsaturated/α-hetero) is 1. The van der Waals surface area contributed by atoms with Crippen LogP contribution >= 0.6 is 11.6 Å². The fourth-order valence-corrected chi connectivity index (χ4v) is 3.11. The first kappa shape index (κ1) is 15.3. The summed E-state index contributed by atoms with van der Waals surface area (Å²) in [7, 11) is 0. The number of hydrogen-bond donors (Lipinski definition) is 0. The molecule has 0 atom stereocenters. The zero-order valence-electron chi connectivity index (χ0n) is 13.2. The van der Waals surface area contributed by atoms with Crippen LogP contribution in [0.3, 0.4) is 0 Å². The van der Waals surface area contributed by atoms with Crippen molar-refractivity contribution >= 4 is 28.3 Å². The van der Waals surface area contributed by atoms with Crippen molar-refractivity contribution in [2.75, 3.05) is 6.61 Å². The number of ether oxygens (including phenoxy) is 1. The lowest BCUT2D eigenvalue weighted by molar-refractivity contribution is 0.0969. The Morgan fingerprint density at radius 1 is 1.12 bits per heavy atom. The number of rotatable bonds is 6. The molecule has 4 rings (SSSR count). The van der Waals surface area contributed by atoms with E-state index in [1.54, 1.807) is 0 Å². The van der Waals surface area contributed by atoms with Crippen LogP contribution in [-0.2, 0) is 6.54 Å². The maximum Gasteiger partial charge on any atom is 0.168 e. The Bertz CT molecular complexity index is 878. The Labute approximate surface area is 145 Å². The predicted octanol–water partition coefficient (Wildman–Crippen LogP) is 4.97. The molecule has 1 aromatic heterocycles. The van der Waals surface area contributed by atoms with E-state index in [9.17, 15) is 4.79 Å². The molecule has 1 aliphatic carbocycles. The predicted molar refractivity (Wildman–Crippen MR) is 95.9 cm³/mol. The van der Waals surface area contributed by atoms with Crippen LogP contribution in [0.2, 0.25) is 5.02 Å². The average molecular weight is 340 g/mol. The van der Waals surface area contributed by atoms with Crippen molar-refractivity contribution in [2.24, 2.45) is 5.92 Å². The summed E-state index contributed by atoms with van der Waals surface area (Å²) in [6.45, 7) is 1.23. The maximum absolute atomic E-state index is 12.5. The summed E-state index contributed by atoms with van der Waals surface area (Å²) in [5.74, 6) is 1.31. The Morgan fingerprint density at radius 2 is 1.88 bits per heavy atom. The molecule has 3 aromatic rings. The van der Waals surface area contributed by atoms with Crippen LogP contribution in [0.15, 0.2) is 54.7 Å². The molecule has 4 heteroatoms. The van der Waals surface area contributed by atoms with Gasteiger partial charge in [0.05, 0.1) is 6.54 Å². The molecule has 1 aliphatic rings. The van der Waals surface area contributed by atoms with Gasteiger partial charge in [-0.05, 0) is 43.2 Å². The molecule has 0 bridgehead atoms. The number of aromatic nitrogens is 1. The van der Waals surface area contributed by atoms with Gasteiger partial charge in [0.15, 0.2) is 5.78 Å². The van der Waals surface area contributed by atoms with Crippen LogP contribution in [-0.4, -0.2) is 17.0 Å². The molecule has 0 saturated heterocycles. The van der Waals surface area contributed by atoms with E-state index in [-0.39, 0.29) is 11.7 Å². The first-order valence-corrected chi connectivity index (χ1v) is 8.60. The van der Waals surface area contributed by atoms with Crippen LogP contribution < -0.4 is 4.74 Å². The van der Waals surface area contributed by atoms with Crippen molar-refractivity contribution in [3.8, 4) is 5.75 Å².